The molecule has 102 valence electrons. The van der Waals surface area contributed by atoms with Crippen LogP contribution < -0.4 is 5.32 Å². The normalized spacial score (nSPS) is 13.5. The average Bonchev–Trinajstić information content (AvgIpc) is 2.29. The van der Waals surface area contributed by atoms with Crippen molar-refractivity contribution in [1.29, 1.82) is 0 Å². The molecule has 1 unspecified atom stereocenters. The summed E-state index contributed by atoms with van der Waals surface area (Å²) in [6, 6.07) is 3.06. The van der Waals surface area contributed by atoms with Crippen molar-refractivity contribution >= 4 is 9.84 Å². The molecular weight excluding hydrogens is 255 g/mol. The molecule has 0 spiro atoms. The van der Waals surface area contributed by atoms with Gasteiger partial charge in [0.05, 0.1) is 17.6 Å². The summed E-state index contributed by atoms with van der Waals surface area (Å²) in [5.74, 6) is -0.182. The van der Waals surface area contributed by atoms with Crippen LogP contribution in [0.3, 0.4) is 0 Å². The van der Waals surface area contributed by atoms with E-state index in [0.29, 0.717) is 13.0 Å². The molecule has 4 nitrogen and oxygen atoms in total. The minimum atomic E-state index is -2.90. The van der Waals surface area contributed by atoms with Gasteiger partial charge in [-0.05, 0) is 31.5 Å². The highest BCUT2D eigenvalue weighted by atomic mass is 32.2. The summed E-state index contributed by atoms with van der Waals surface area (Å²) in [7, 11) is -2.90. The Morgan fingerprint density at radius 3 is 2.67 bits per heavy atom. The van der Waals surface area contributed by atoms with Gasteiger partial charge in [-0.3, -0.25) is 4.98 Å². The lowest BCUT2D eigenvalue weighted by molar-refractivity contribution is 0.503. The molecule has 0 amide bonds. The summed E-state index contributed by atoms with van der Waals surface area (Å²) in [5.41, 5.74) is 0.776. The first-order valence-electron chi connectivity index (χ1n) is 5.95. The first-order valence-corrected chi connectivity index (χ1v) is 8.01. The highest BCUT2D eigenvalue weighted by Crippen LogP contribution is 2.13. The largest absolute Gasteiger partial charge is 0.309 e. The maximum atomic E-state index is 12.7. The SMILES string of the molecule is CCC(NCCCS(C)(=O)=O)c1ccc(F)cn1. The average molecular weight is 274 g/mol. The zero-order chi connectivity index (χ0) is 13.6. The van der Waals surface area contributed by atoms with Crippen LogP contribution in [-0.2, 0) is 9.84 Å². The van der Waals surface area contributed by atoms with Gasteiger partial charge in [0.1, 0.15) is 15.7 Å². The molecule has 1 heterocycles. The minimum absolute atomic E-state index is 0.0326. The Morgan fingerprint density at radius 1 is 1.44 bits per heavy atom. The van der Waals surface area contributed by atoms with Crippen molar-refractivity contribution in [3.63, 3.8) is 0 Å². The van der Waals surface area contributed by atoms with Crippen LogP contribution in [0.25, 0.3) is 0 Å². The lowest BCUT2D eigenvalue weighted by atomic mass is 10.1. The smallest absolute Gasteiger partial charge is 0.147 e. The molecule has 0 aromatic carbocycles. The quantitative estimate of drug-likeness (QED) is 0.769. The van der Waals surface area contributed by atoms with E-state index >= 15 is 0 Å². The number of aromatic nitrogens is 1. The highest BCUT2D eigenvalue weighted by molar-refractivity contribution is 7.90. The number of nitrogens with one attached hydrogen (secondary N) is 1. The number of halogens is 1. The number of nitrogens with zero attached hydrogens (tertiary/aromatic N) is 1. The molecule has 0 saturated carbocycles. The molecule has 6 heteroatoms. The van der Waals surface area contributed by atoms with Crippen molar-refractivity contribution in [2.24, 2.45) is 0 Å². The van der Waals surface area contributed by atoms with Gasteiger partial charge in [0.2, 0.25) is 0 Å². The maximum absolute atomic E-state index is 12.7. The van der Waals surface area contributed by atoms with Crippen LogP contribution in [0.1, 0.15) is 31.5 Å². The second-order valence-corrected chi connectivity index (χ2v) is 6.56. The first kappa shape index (κ1) is 15.0. The third-order valence-corrected chi connectivity index (χ3v) is 3.63. The van der Waals surface area contributed by atoms with Gasteiger partial charge in [-0.2, -0.15) is 0 Å². The third kappa shape index (κ3) is 5.55. The van der Waals surface area contributed by atoms with Crippen molar-refractivity contribution in [2.75, 3.05) is 18.6 Å². The number of rotatable bonds is 7. The Labute approximate surface area is 108 Å². The van der Waals surface area contributed by atoms with Crippen molar-refractivity contribution in [2.45, 2.75) is 25.8 Å². The van der Waals surface area contributed by atoms with Crippen molar-refractivity contribution in [3.8, 4) is 0 Å². The predicted molar refractivity (Wildman–Crippen MR) is 69.6 cm³/mol. The number of hydrogen-bond donors (Lipinski definition) is 1. The van der Waals surface area contributed by atoms with E-state index in [2.05, 4.69) is 10.3 Å². The number of pyridine rings is 1. The molecular formula is C12H19FN2O2S. The van der Waals surface area contributed by atoms with E-state index in [1.54, 1.807) is 6.07 Å². The van der Waals surface area contributed by atoms with Crippen molar-refractivity contribution in [1.82, 2.24) is 10.3 Å². The van der Waals surface area contributed by atoms with Gasteiger partial charge in [0.25, 0.3) is 0 Å². The van der Waals surface area contributed by atoms with E-state index in [4.69, 9.17) is 0 Å². The topological polar surface area (TPSA) is 59.1 Å². The van der Waals surface area contributed by atoms with Crippen molar-refractivity contribution in [3.05, 3.63) is 29.8 Å². The zero-order valence-corrected chi connectivity index (χ0v) is 11.5. The molecule has 1 aromatic heterocycles. The van der Waals surface area contributed by atoms with E-state index in [1.807, 2.05) is 6.92 Å². The highest BCUT2D eigenvalue weighted by Gasteiger charge is 2.10. The van der Waals surface area contributed by atoms with E-state index in [-0.39, 0.29) is 17.6 Å². The molecule has 1 atom stereocenters. The Bertz CT molecular complexity index is 459. The van der Waals surface area contributed by atoms with Crippen molar-refractivity contribution < 1.29 is 12.8 Å². The van der Waals surface area contributed by atoms with Crippen LogP contribution in [-0.4, -0.2) is 32.0 Å². The summed E-state index contributed by atoms with van der Waals surface area (Å²) in [4.78, 5) is 4.02. The van der Waals surface area contributed by atoms with Crippen LogP contribution in [0, 0.1) is 5.82 Å². The molecule has 1 rings (SSSR count). The maximum Gasteiger partial charge on any atom is 0.147 e. The second-order valence-electron chi connectivity index (χ2n) is 4.30. The molecule has 0 aliphatic rings. The van der Waals surface area contributed by atoms with Crippen LogP contribution in [0.4, 0.5) is 4.39 Å². The Hall–Kier alpha value is -1.01. The summed E-state index contributed by atoms with van der Waals surface area (Å²) >= 11 is 0. The monoisotopic (exact) mass is 274 g/mol. The van der Waals surface area contributed by atoms with Gasteiger partial charge in [0.15, 0.2) is 0 Å². The van der Waals surface area contributed by atoms with Crippen LogP contribution >= 0.6 is 0 Å². The molecule has 0 fully saturated rings. The zero-order valence-electron chi connectivity index (χ0n) is 10.7. The van der Waals surface area contributed by atoms with E-state index < -0.39 is 9.84 Å². The summed E-state index contributed by atoms with van der Waals surface area (Å²) < 4.78 is 34.7. The number of sulfone groups is 1. The Balaban J connectivity index is 2.45. The van der Waals surface area contributed by atoms with Crippen LogP contribution in [0.2, 0.25) is 0 Å². The van der Waals surface area contributed by atoms with E-state index in [0.717, 1.165) is 12.1 Å². The van der Waals surface area contributed by atoms with Gasteiger partial charge in [-0.25, -0.2) is 12.8 Å². The fourth-order valence-electron chi connectivity index (χ4n) is 1.66. The fraction of sp³-hybridized carbons (Fsp3) is 0.583. The first-order chi connectivity index (χ1) is 8.42. The second kappa shape index (κ2) is 6.80. The fourth-order valence-corrected chi connectivity index (χ4v) is 2.33. The standard InChI is InChI=1S/C12H19FN2O2S/c1-3-11(12-6-5-10(13)9-15-12)14-7-4-8-18(2,16)17/h5-6,9,11,14H,3-4,7-8H2,1-2H3. The van der Waals surface area contributed by atoms with Gasteiger partial charge < -0.3 is 5.32 Å². The van der Waals surface area contributed by atoms with Gasteiger partial charge >= 0.3 is 0 Å². The predicted octanol–water partition coefficient (Wildman–Crippen LogP) is 1.70. The lowest BCUT2D eigenvalue weighted by Crippen LogP contribution is -2.24. The molecule has 1 aromatic rings. The summed E-state index contributed by atoms with van der Waals surface area (Å²) in [6.45, 7) is 2.60. The van der Waals surface area contributed by atoms with E-state index in [9.17, 15) is 12.8 Å². The number of hydrogen-bond acceptors (Lipinski definition) is 4. The third-order valence-electron chi connectivity index (χ3n) is 2.60. The molecule has 0 saturated heterocycles. The van der Waals surface area contributed by atoms with Crippen LogP contribution in [0.5, 0.6) is 0 Å². The Kier molecular flexibility index (Phi) is 5.68. The molecule has 0 radical (unpaired) electrons. The summed E-state index contributed by atoms with van der Waals surface area (Å²) in [6.07, 6.45) is 3.80. The lowest BCUT2D eigenvalue weighted by Gasteiger charge is -2.16. The van der Waals surface area contributed by atoms with Gasteiger partial charge in [-0.1, -0.05) is 6.92 Å². The van der Waals surface area contributed by atoms with Gasteiger partial charge in [-0.15, -0.1) is 0 Å². The molecule has 0 aliphatic heterocycles. The van der Waals surface area contributed by atoms with Crippen LogP contribution in [0.15, 0.2) is 18.3 Å². The Morgan fingerprint density at radius 2 is 2.17 bits per heavy atom. The molecule has 18 heavy (non-hydrogen) atoms. The minimum Gasteiger partial charge on any atom is -0.309 e. The molecule has 0 aliphatic carbocycles. The van der Waals surface area contributed by atoms with Gasteiger partial charge in [0, 0.05) is 12.3 Å². The molecule has 1 N–H and O–H groups in total. The summed E-state index contributed by atoms with van der Waals surface area (Å²) in [5, 5.41) is 3.23. The van der Waals surface area contributed by atoms with E-state index in [1.165, 1.54) is 18.5 Å². The molecule has 0 bridgehead atoms.